The van der Waals surface area contributed by atoms with E-state index in [1.54, 1.807) is 0 Å². The van der Waals surface area contributed by atoms with Crippen molar-refractivity contribution < 1.29 is 4.79 Å². The van der Waals surface area contributed by atoms with Crippen LogP contribution in [0.4, 0.5) is 0 Å². The molecule has 0 saturated heterocycles. The summed E-state index contributed by atoms with van der Waals surface area (Å²) in [5, 5.41) is 4.30. The van der Waals surface area contributed by atoms with Crippen LogP contribution < -0.4 is 5.43 Å². The summed E-state index contributed by atoms with van der Waals surface area (Å²) in [4.78, 5) is 12.3. The number of hydrazone groups is 1. The van der Waals surface area contributed by atoms with Crippen LogP contribution in [0, 0.1) is 19.8 Å². The van der Waals surface area contributed by atoms with Gasteiger partial charge in [0, 0.05) is 11.5 Å². The number of rotatable bonds is 4. The molecule has 0 spiro atoms. The third kappa shape index (κ3) is 3.50. The molecule has 2 aromatic carbocycles. The lowest BCUT2D eigenvalue weighted by atomic mass is 10.0. The molecule has 3 heteroatoms. The van der Waals surface area contributed by atoms with Crippen LogP contribution in [0.3, 0.4) is 0 Å². The highest BCUT2D eigenvalue weighted by molar-refractivity contribution is 6.00. The maximum Gasteiger partial charge on any atom is 0.243 e. The summed E-state index contributed by atoms with van der Waals surface area (Å²) in [7, 11) is 0. The molecule has 0 aliphatic heterocycles. The lowest BCUT2D eigenvalue weighted by Crippen LogP contribution is -2.21. The highest BCUT2D eigenvalue weighted by Gasteiger charge is 2.43. The molecule has 3 nitrogen and oxygen atoms in total. The topological polar surface area (TPSA) is 41.5 Å². The number of carbonyl (C=O) groups is 1. The van der Waals surface area contributed by atoms with Gasteiger partial charge in [-0.1, -0.05) is 48.0 Å². The first-order valence-electron chi connectivity index (χ1n) is 8.03. The van der Waals surface area contributed by atoms with E-state index in [0.717, 1.165) is 17.7 Å². The molecule has 2 aromatic rings. The summed E-state index contributed by atoms with van der Waals surface area (Å²) in [6, 6.07) is 16.5. The maximum atomic E-state index is 12.3. The van der Waals surface area contributed by atoms with Gasteiger partial charge in [0.1, 0.15) is 0 Å². The van der Waals surface area contributed by atoms with Crippen molar-refractivity contribution in [1.82, 2.24) is 5.43 Å². The Hall–Kier alpha value is -2.42. The second-order valence-electron chi connectivity index (χ2n) is 6.35. The first-order valence-corrected chi connectivity index (χ1v) is 8.03. The Kier molecular flexibility index (Phi) is 4.28. The number of nitrogens with zero attached hydrogens (tertiary/aromatic N) is 1. The minimum atomic E-state index is 0.0171. The summed E-state index contributed by atoms with van der Waals surface area (Å²) in [5.41, 5.74) is 8.26. The van der Waals surface area contributed by atoms with Crippen molar-refractivity contribution >= 4 is 11.6 Å². The molecule has 1 saturated carbocycles. The summed E-state index contributed by atoms with van der Waals surface area (Å²) >= 11 is 0. The van der Waals surface area contributed by atoms with Gasteiger partial charge >= 0.3 is 0 Å². The summed E-state index contributed by atoms with van der Waals surface area (Å²) in [5.74, 6) is 0.406. The van der Waals surface area contributed by atoms with Crippen molar-refractivity contribution in [1.29, 1.82) is 0 Å². The van der Waals surface area contributed by atoms with E-state index in [2.05, 4.69) is 54.7 Å². The average molecular weight is 306 g/mol. The predicted molar refractivity (Wildman–Crippen MR) is 93.6 cm³/mol. The number of aryl methyl sites for hydroxylation is 2. The monoisotopic (exact) mass is 306 g/mol. The Morgan fingerprint density at radius 1 is 1.13 bits per heavy atom. The lowest BCUT2D eigenvalue weighted by Gasteiger charge is -2.07. The van der Waals surface area contributed by atoms with Gasteiger partial charge in [0.25, 0.3) is 0 Å². The molecule has 0 radical (unpaired) electrons. The number of nitrogens with one attached hydrogen (secondary N) is 1. The highest BCUT2D eigenvalue weighted by atomic mass is 16.2. The van der Waals surface area contributed by atoms with E-state index in [-0.39, 0.29) is 11.8 Å². The summed E-state index contributed by atoms with van der Waals surface area (Å²) in [6.07, 6.45) is 0.911. The van der Waals surface area contributed by atoms with Gasteiger partial charge in [-0.2, -0.15) is 5.10 Å². The summed E-state index contributed by atoms with van der Waals surface area (Å²) in [6.45, 7) is 6.05. The highest BCUT2D eigenvalue weighted by Crippen LogP contribution is 2.47. The molecule has 3 rings (SSSR count). The number of hydrogen-bond acceptors (Lipinski definition) is 2. The van der Waals surface area contributed by atoms with Crippen LogP contribution in [0.15, 0.2) is 53.6 Å². The van der Waals surface area contributed by atoms with Crippen LogP contribution in [0.2, 0.25) is 0 Å². The van der Waals surface area contributed by atoms with E-state index in [1.807, 2.05) is 25.1 Å². The fraction of sp³-hybridized carbons (Fsp3) is 0.300. The number of benzene rings is 2. The van der Waals surface area contributed by atoms with Crippen LogP contribution >= 0.6 is 0 Å². The molecule has 1 amide bonds. The Labute approximate surface area is 137 Å². The first-order chi connectivity index (χ1) is 11.1. The zero-order valence-corrected chi connectivity index (χ0v) is 13.8. The largest absolute Gasteiger partial charge is 0.273 e. The molecule has 1 N–H and O–H groups in total. The van der Waals surface area contributed by atoms with E-state index < -0.39 is 0 Å². The molecule has 1 aliphatic rings. The lowest BCUT2D eigenvalue weighted by molar-refractivity contribution is -0.122. The van der Waals surface area contributed by atoms with E-state index in [4.69, 9.17) is 0 Å². The smallest absolute Gasteiger partial charge is 0.243 e. The van der Waals surface area contributed by atoms with Crippen LogP contribution in [0.5, 0.6) is 0 Å². The Bertz CT molecular complexity index is 749. The van der Waals surface area contributed by atoms with E-state index in [9.17, 15) is 4.79 Å². The molecular weight excluding hydrogens is 284 g/mol. The van der Waals surface area contributed by atoms with Crippen molar-refractivity contribution in [3.8, 4) is 0 Å². The molecule has 118 valence electrons. The van der Waals surface area contributed by atoms with Gasteiger partial charge in [-0.15, -0.1) is 0 Å². The van der Waals surface area contributed by atoms with Crippen molar-refractivity contribution in [2.75, 3.05) is 0 Å². The SMILES string of the molecule is C/C(=N/NC(=O)[C@H]1C[C@@H]1c1ccccc1)c1cc(C)ccc1C. The van der Waals surface area contributed by atoms with Gasteiger partial charge in [-0.25, -0.2) is 5.43 Å². The van der Waals surface area contributed by atoms with Crippen molar-refractivity contribution in [3.05, 3.63) is 70.8 Å². The molecule has 0 aromatic heterocycles. The van der Waals surface area contributed by atoms with Gasteiger partial charge in [0.2, 0.25) is 5.91 Å². The maximum absolute atomic E-state index is 12.3. The third-order valence-corrected chi connectivity index (χ3v) is 4.47. The fourth-order valence-electron chi connectivity index (χ4n) is 2.96. The van der Waals surface area contributed by atoms with Gasteiger partial charge in [0.05, 0.1) is 5.71 Å². The van der Waals surface area contributed by atoms with Gasteiger partial charge < -0.3 is 0 Å². The van der Waals surface area contributed by atoms with Crippen LogP contribution in [-0.2, 0) is 4.79 Å². The molecule has 2 atom stereocenters. The van der Waals surface area contributed by atoms with Crippen LogP contribution in [0.1, 0.15) is 41.5 Å². The van der Waals surface area contributed by atoms with Gasteiger partial charge in [-0.3, -0.25) is 4.79 Å². The zero-order valence-electron chi connectivity index (χ0n) is 13.8. The number of amides is 1. The van der Waals surface area contributed by atoms with Gasteiger partial charge in [-0.05, 0) is 50.3 Å². The molecule has 0 bridgehead atoms. The van der Waals surface area contributed by atoms with E-state index >= 15 is 0 Å². The minimum Gasteiger partial charge on any atom is -0.273 e. The average Bonchev–Trinajstić information content (AvgIpc) is 3.36. The van der Waals surface area contributed by atoms with E-state index in [0.29, 0.717) is 5.92 Å². The quantitative estimate of drug-likeness (QED) is 0.674. The molecule has 23 heavy (non-hydrogen) atoms. The molecule has 0 unspecified atom stereocenters. The third-order valence-electron chi connectivity index (χ3n) is 4.47. The fourth-order valence-corrected chi connectivity index (χ4v) is 2.96. The minimum absolute atomic E-state index is 0.0171. The van der Waals surface area contributed by atoms with Crippen LogP contribution in [0.25, 0.3) is 0 Å². The standard InChI is InChI=1S/C20H22N2O/c1-13-9-10-14(2)17(11-13)15(3)21-22-20(23)19-12-18(19)16-7-5-4-6-8-16/h4-11,18-19H,12H2,1-3H3,(H,22,23)/b21-15-/t18-,19+/m1/s1. The van der Waals surface area contributed by atoms with Crippen molar-refractivity contribution in [2.45, 2.75) is 33.1 Å². The van der Waals surface area contributed by atoms with Crippen LogP contribution in [-0.4, -0.2) is 11.6 Å². The second kappa shape index (κ2) is 6.37. The number of hydrogen-bond donors (Lipinski definition) is 1. The summed E-state index contributed by atoms with van der Waals surface area (Å²) < 4.78 is 0. The molecule has 0 heterocycles. The second-order valence-corrected chi connectivity index (χ2v) is 6.35. The zero-order chi connectivity index (χ0) is 16.4. The Balaban J connectivity index is 1.64. The predicted octanol–water partition coefficient (Wildman–Crippen LogP) is 3.95. The Morgan fingerprint density at radius 3 is 2.61 bits per heavy atom. The first kappa shape index (κ1) is 15.5. The van der Waals surface area contributed by atoms with Crippen molar-refractivity contribution in [3.63, 3.8) is 0 Å². The van der Waals surface area contributed by atoms with Crippen molar-refractivity contribution in [2.24, 2.45) is 11.0 Å². The number of carbonyl (C=O) groups excluding carboxylic acids is 1. The molecular formula is C20H22N2O. The normalized spacial score (nSPS) is 20.2. The Morgan fingerprint density at radius 2 is 1.87 bits per heavy atom. The van der Waals surface area contributed by atoms with E-state index in [1.165, 1.54) is 16.7 Å². The molecule has 1 aliphatic carbocycles. The molecule has 1 fully saturated rings. The van der Waals surface area contributed by atoms with Gasteiger partial charge in [0.15, 0.2) is 0 Å².